The maximum atomic E-state index is 12.2. The van der Waals surface area contributed by atoms with Gasteiger partial charge in [-0.25, -0.2) is 4.79 Å². The first-order valence-electron chi connectivity index (χ1n) is 7.35. The molecule has 20 heavy (non-hydrogen) atoms. The Morgan fingerprint density at radius 2 is 2.00 bits per heavy atom. The molecule has 0 aromatic rings. The zero-order valence-electron chi connectivity index (χ0n) is 12.3. The van der Waals surface area contributed by atoms with Gasteiger partial charge in [0, 0.05) is 13.1 Å². The van der Waals surface area contributed by atoms with Gasteiger partial charge < -0.3 is 20.4 Å². The third kappa shape index (κ3) is 4.67. The fourth-order valence-corrected chi connectivity index (χ4v) is 2.54. The van der Waals surface area contributed by atoms with Crippen LogP contribution < -0.4 is 5.32 Å². The number of urea groups is 1. The summed E-state index contributed by atoms with van der Waals surface area (Å²) in [4.78, 5) is 24.9. The summed E-state index contributed by atoms with van der Waals surface area (Å²) in [5.41, 5.74) is 0. The number of aliphatic hydroxyl groups excluding tert-OH is 1. The minimum absolute atomic E-state index is 0.0365. The molecule has 0 aliphatic carbocycles. The predicted molar refractivity (Wildman–Crippen MR) is 75.4 cm³/mol. The zero-order chi connectivity index (χ0) is 15.1. The number of carbonyl (C=O) groups is 2. The van der Waals surface area contributed by atoms with E-state index < -0.39 is 11.9 Å². The van der Waals surface area contributed by atoms with Crippen LogP contribution in [-0.4, -0.2) is 52.9 Å². The number of carboxylic acid groups (broad SMARTS) is 1. The molecular formula is C14H26N2O4. The van der Waals surface area contributed by atoms with E-state index in [1.165, 1.54) is 0 Å². The molecular weight excluding hydrogens is 260 g/mol. The molecule has 1 rings (SSSR count). The number of hydrogen-bond acceptors (Lipinski definition) is 3. The number of carbonyl (C=O) groups excluding carboxylic acids is 1. The molecule has 0 saturated carbocycles. The Kier molecular flexibility index (Phi) is 6.78. The number of likely N-dealkylation sites (tertiary alicyclic amines) is 1. The quantitative estimate of drug-likeness (QED) is 0.710. The lowest BCUT2D eigenvalue weighted by atomic mass is 9.96. The van der Waals surface area contributed by atoms with Crippen LogP contribution in [0.2, 0.25) is 0 Å². The molecule has 2 atom stereocenters. The number of nitrogens with zero attached hydrogens (tertiary/aromatic N) is 1. The van der Waals surface area contributed by atoms with Crippen molar-refractivity contribution >= 4 is 12.0 Å². The van der Waals surface area contributed by atoms with Crippen LogP contribution in [0.25, 0.3) is 0 Å². The number of carboxylic acids is 1. The molecule has 2 unspecified atom stereocenters. The van der Waals surface area contributed by atoms with Gasteiger partial charge in [-0.1, -0.05) is 26.7 Å². The lowest BCUT2D eigenvalue weighted by molar-refractivity contribution is -0.142. The molecule has 1 saturated heterocycles. The number of aliphatic hydroxyl groups is 1. The third-order valence-electron chi connectivity index (χ3n) is 3.94. The maximum Gasteiger partial charge on any atom is 0.317 e. The minimum atomic E-state index is -0.894. The molecule has 1 aliphatic heterocycles. The Bertz CT molecular complexity index is 333. The highest BCUT2D eigenvalue weighted by Gasteiger charge is 2.27. The second kappa shape index (κ2) is 8.09. The van der Waals surface area contributed by atoms with Crippen molar-refractivity contribution in [3.8, 4) is 0 Å². The lowest BCUT2D eigenvalue weighted by Gasteiger charge is -2.29. The van der Waals surface area contributed by atoms with E-state index >= 15 is 0 Å². The van der Waals surface area contributed by atoms with Gasteiger partial charge in [0.2, 0.25) is 0 Å². The molecule has 6 heteroatoms. The Hall–Kier alpha value is -1.30. The van der Waals surface area contributed by atoms with Crippen LogP contribution in [0.5, 0.6) is 0 Å². The molecule has 116 valence electrons. The van der Waals surface area contributed by atoms with Crippen LogP contribution in [0.1, 0.15) is 39.5 Å². The third-order valence-corrected chi connectivity index (χ3v) is 3.94. The normalized spacial score (nSPS) is 21.4. The predicted octanol–water partition coefficient (Wildman–Crippen LogP) is 1.29. The molecule has 0 radical (unpaired) electrons. The Morgan fingerprint density at radius 1 is 1.30 bits per heavy atom. The maximum absolute atomic E-state index is 12.2. The molecule has 0 aromatic carbocycles. The zero-order valence-corrected chi connectivity index (χ0v) is 12.3. The van der Waals surface area contributed by atoms with Gasteiger partial charge in [0.15, 0.2) is 0 Å². The summed E-state index contributed by atoms with van der Waals surface area (Å²) >= 11 is 0. The molecule has 1 heterocycles. The van der Waals surface area contributed by atoms with E-state index in [1.54, 1.807) is 4.90 Å². The highest BCUT2D eigenvalue weighted by molar-refractivity contribution is 5.76. The highest BCUT2D eigenvalue weighted by Crippen LogP contribution is 2.17. The van der Waals surface area contributed by atoms with Gasteiger partial charge in [-0.15, -0.1) is 0 Å². The number of hydrogen-bond donors (Lipinski definition) is 3. The first-order valence-corrected chi connectivity index (χ1v) is 7.35. The Labute approximate surface area is 120 Å². The van der Waals surface area contributed by atoms with Crippen LogP contribution in [0.4, 0.5) is 4.79 Å². The summed E-state index contributed by atoms with van der Waals surface area (Å²) in [7, 11) is 0. The average Bonchev–Trinajstić information content (AvgIpc) is 2.62. The smallest absolute Gasteiger partial charge is 0.317 e. The van der Waals surface area contributed by atoms with Gasteiger partial charge in [0.1, 0.15) is 0 Å². The topological polar surface area (TPSA) is 89.9 Å². The first-order chi connectivity index (χ1) is 9.47. The van der Waals surface area contributed by atoms with Crippen molar-refractivity contribution in [2.75, 3.05) is 19.7 Å². The second-order valence-electron chi connectivity index (χ2n) is 5.75. The fourth-order valence-electron chi connectivity index (χ4n) is 2.54. The van der Waals surface area contributed by atoms with Crippen LogP contribution in [0, 0.1) is 11.8 Å². The lowest BCUT2D eigenvalue weighted by Crippen LogP contribution is -2.49. The van der Waals surface area contributed by atoms with Crippen LogP contribution in [0.15, 0.2) is 0 Å². The summed E-state index contributed by atoms with van der Waals surface area (Å²) in [5, 5.41) is 21.2. The van der Waals surface area contributed by atoms with Gasteiger partial charge >= 0.3 is 12.0 Å². The molecule has 0 spiro atoms. The van der Waals surface area contributed by atoms with E-state index in [-0.39, 0.29) is 31.1 Å². The number of rotatable bonds is 5. The standard InChI is InChI=1S/C14H26N2O4/c1-10(2)12(13(18)19)8-15-14(20)16-7-5-3-4-6-11(16)9-17/h10-12,17H,3-9H2,1-2H3,(H,15,20)(H,18,19). The van der Waals surface area contributed by atoms with Crippen molar-refractivity contribution in [3.05, 3.63) is 0 Å². The molecule has 3 N–H and O–H groups in total. The first kappa shape index (κ1) is 16.8. The summed E-state index contributed by atoms with van der Waals surface area (Å²) < 4.78 is 0. The van der Waals surface area contributed by atoms with Gasteiger partial charge in [-0.05, 0) is 18.8 Å². The van der Waals surface area contributed by atoms with Gasteiger partial charge in [-0.2, -0.15) is 0 Å². The highest BCUT2D eigenvalue weighted by atomic mass is 16.4. The van der Waals surface area contributed by atoms with E-state index in [1.807, 2.05) is 13.8 Å². The summed E-state index contributed by atoms with van der Waals surface area (Å²) in [6.45, 7) is 4.36. The molecule has 0 aromatic heterocycles. The average molecular weight is 286 g/mol. The second-order valence-corrected chi connectivity index (χ2v) is 5.75. The van der Waals surface area contributed by atoms with Crippen molar-refractivity contribution in [2.24, 2.45) is 11.8 Å². The Balaban J connectivity index is 2.57. The van der Waals surface area contributed by atoms with E-state index in [4.69, 9.17) is 5.11 Å². The molecule has 1 fully saturated rings. The van der Waals surface area contributed by atoms with Gasteiger partial charge in [0.25, 0.3) is 0 Å². The van der Waals surface area contributed by atoms with Crippen LogP contribution in [0.3, 0.4) is 0 Å². The van der Waals surface area contributed by atoms with Crippen molar-refractivity contribution < 1.29 is 19.8 Å². The molecule has 0 bridgehead atoms. The molecule has 6 nitrogen and oxygen atoms in total. The molecule has 2 amide bonds. The van der Waals surface area contributed by atoms with Crippen molar-refractivity contribution in [2.45, 2.75) is 45.6 Å². The number of aliphatic carboxylic acids is 1. The van der Waals surface area contributed by atoms with Crippen molar-refractivity contribution in [1.82, 2.24) is 10.2 Å². The monoisotopic (exact) mass is 286 g/mol. The molecule has 1 aliphatic rings. The van der Waals surface area contributed by atoms with Crippen molar-refractivity contribution in [1.29, 1.82) is 0 Å². The summed E-state index contributed by atoms with van der Waals surface area (Å²) in [6, 6.07) is -0.419. The summed E-state index contributed by atoms with van der Waals surface area (Å²) in [5.74, 6) is -1.51. The summed E-state index contributed by atoms with van der Waals surface area (Å²) in [6.07, 6.45) is 3.80. The minimum Gasteiger partial charge on any atom is -0.481 e. The van der Waals surface area contributed by atoms with Gasteiger partial charge in [0.05, 0.1) is 18.6 Å². The van der Waals surface area contributed by atoms with Crippen molar-refractivity contribution in [3.63, 3.8) is 0 Å². The van der Waals surface area contributed by atoms with Crippen LogP contribution in [-0.2, 0) is 4.79 Å². The van der Waals surface area contributed by atoms with E-state index in [0.717, 1.165) is 25.7 Å². The number of nitrogens with one attached hydrogen (secondary N) is 1. The fraction of sp³-hybridized carbons (Fsp3) is 0.857. The van der Waals surface area contributed by atoms with Crippen LogP contribution >= 0.6 is 0 Å². The van der Waals surface area contributed by atoms with E-state index in [2.05, 4.69) is 5.32 Å². The van der Waals surface area contributed by atoms with E-state index in [0.29, 0.717) is 6.54 Å². The number of amides is 2. The largest absolute Gasteiger partial charge is 0.481 e. The van der Waals surface area contributed by atoms with Gasteiger partial charge in [-0.3, -0.25) is 4.79 Å². The van der Waals surface area contributed by atoms with E-state index in [9.17, 15) is 14.7 Å². The Morgan fingerprint density at radius 3 is 2.55 bits per heavy atom. The SMILES string of the molecule is CC(C)C(CNC(=O)N1CCCCCC1CO)C(=O)O.